The van der Waals surface area contributed by atoms with E-state index in [1.54, 1.807) is 19.1 Å². The molecule has 106 valence electrons. The highest BCUT2D eigenvalue weighted by atomic mass is 79.9. The van der Waals surface area contributed by atoms with E-state index in [0.717, 1.165) is 15.7 Å². The summed E-state index contributed by atoms with van der Waals surface area (Å²) in [7, 11) is 0. The van der Waals surface area contributed by atoms with Crippen LogP contribution in [-0.4, -0.2) is 11.7 Å². The fraction of sp³-hybridized carbons (Fsp3) is 0.250. The molecule has 0 amide bonds. The molecular weight excluding hydrogens is 321 g/mol. The lowest BCUT2D eigenvalue weighted by Gasteiger charge is -2.24. The second-order valence-electron chi connectivity index (χ2n) is 4.58. The fourth-order valence-corrected chi connectivity index (χ4v) is 2.88. The van der Waals surface area contributed by atoms with Crippen LogP contribution < -0.4 is 4.90 Å². The smallest absolute Gasteiger partial charge is 0.146 e. The van der Waals surface area contributed by atoms with Gasteiger partial charge in [-0.15, -0.1) is 0 Å². The number of aliphatic hydroxyl groups is 1. The van der Waals surface area contributed by atoms with Gasteiger partial charge >= 0.3 is 0 Å². The molecular formula is C16H17BrFNO. The summed E-state index contributed by atoms with van der Waals surface area (Å²) >= 11 is 3.46. The molecule has 0 heterocycles. The highest BCUT2D eigenvalue weighted by Gasteiger charge is 2.14. The normalized spacial score (nSPS) is 12.2. The Balaban J connectivity index is 2.43. The summed E-state index contributed by atoms with van der Waals surface area (Å²) in [5.74, 6) is -0.245. The van der Waals surface area contributed by atoms with Crippen LogP contribution in [0.3, 0.4) is 0 Å². The first-order chi connectivity index (χ1) is 9.54. The highest BCUT2D eigenvalue weighted by Crippen LogP contribution is 2.32. The van der Waals surface area contributed by atoms with E-state index >= 15 is 0 Å². The minimum absolute atomic E-state index is 0.245. The second kappa shape index (κ2) is 6.37. The summed E-state index contributed by atoms with van der Waals surface area (Å²) in [6, 6.07) is 12.4. The van der Waals surface area contributed by atoms with Crippen LogP contribution in [0.4, 0.5) is 15.8 Å². The van der Waals surface area contributed by atoms with Crippen LogP contribution in [0.25, 0.3) is 0 Å². The average Bonchev–Trinajstić information content (AvgIpc) is 2.41. The van der Waals surface area contributed by atoms with Crippen LogP contribution in [-0.2, 0) is 0 Å². The maximum absolute atomic E-state index is 13.9. The van der Waals surface area contributed by atoms with E-state index in [2.05, 4.69) is 15.9 Å². The van der Waals surface area contributed by atoms with E-state index in [1.165, 1.54) is 6.07 Å². The predicted molar refractivity (Wildman–Crippen MR) is 83.9 cm³/mol. The molecule has 2 nitrogen and oxygen atoms in total. The number of benzene rings is 2. The average molecular weight is 338 g/mol. The van der Waals surface area contributed by atoms with Crippen molar-refractivity contribution >= 4 is 27.3 Å². The molecule has 1 N–H and O–H groups in total. The van der Waals surface area contributed by atoms with Gasteiger partial charge in [0.25, 0.3) is 0 Å². The van der Waals surface area contributed by atoms with Crippen LogP contribution in [0.15, 0.2) is 46.9 Å². The third kappa shape index (κ3) is 3.02. The summed E-state index contributed by atoms with van der Waals surface area (Å²) in [5.41, 5.74) is 2.25. The first-order valence-electron chi connectivity index (χ1n) is 6.54. The maximum Gasteiger partial charge on any atom is 0.146 e. The molecule has 20 heavy (non-hydrogen) atoms. The Hall–Kier alpha value is -1.39. The number of para-hydroxylation sites is 1. The van der Waals surface area contributed by atoms with Crippen molar-refractivity contribution in [1.82, 2.24) is 0 Å². The summed E-state index contributed by atoms with van der Waals surface area (Å²) in [5, 5.41) is 9.65. The molecule has 0 saturated carbocycles. The van der Waals surface area contributed by atoms with E-state index < -0.39 is 6.10 Å². The molecule has 0 aliphatic rings. The van der Waals surface area contributed by atoms with Crippen LogP contribution in [0, 0.1) is 5.82 Å². The molecule has 0 radical (unpaired) electrons. The van der Waals surface area contributed by atoms with Crippen molar-refractivity contribution in [3.8, 4) is 0 Å². The van der Waals surface area contributed by atoms with Crippen molar-refractivity contribution in [2.45, 2.75) is 20.0 Å². The van der Waals surface area contributed by atoms with Gasteiger partial charge in [-0.25, -0.2) is 4.39 Å². The second-order valence-corrected chi connectivity index (χ2v) is 5.43. The van der Waals surface area contributed by atoms with Gasteiger partial charge in [-0.2, -0.15) is 0 Å². The number of hydrogen-bond donors (Lipinski definition) is 1. The molecule has 2 aromatic rings. The van der Waals surface area contributed by atoms with Gasteiger partial charge in [0.05, 0.1) is 11.8 Å². The molecule has 0 unspecified atom stereocenters. The van der Waals surface area contributed by atoms with E-state index in [1.807, 2.05) is 36.1 Å². The van der Waals surface area contributed by atoms with Crippen LogP contribution in [0.2, 0.25) is 0 Å². The standard InChI is InChI=1S/C16H17BrFNO/c1-3-19(16-7-5-4-6-15(16)18)12-8-9-13(11(2)20)14(17)10-12/h4-11,20H,3H2,1-2H3/t11-/m0/s1. The Morgan fingerprint density at radius 2 is 1.95 bits per heavy atom. The van der Waals surface area contributed by atoms with Gasteiger partial charge in [-0.1, -0.05) is 34.1 Å². The van der Waals surface area contributed by atoms with Gasteiger partial charge in [0.1, 0.15) is 5.82 Å². The largest absolute Gasteiger partial charge is 0.389 e. The number of rotatable bonds is 4. The van der Waals surface area contributed by atoms with Gasteiger partial charge in [0, 0.05) is 16.7 Å². The van der Waals surface area contributed by atoms with E-state index in [4.69, 9.17) is 0 Å². The predicted octanol–water partition coefficient (Wildman–Crippen LogP) is 4.80. The number of hydrogen-bond acceptors (Lipinski definition) is 2. The SMILES string of the molecule is CCN(c1ccc([C@H](C)O)c(Br)c1)c1ccccc1F. The van der Waals surface area contributed by atoms with Crippen LogP contribution >= 0.6 is 15.9 Å². The van der Waals surface area contributed by atoms with Crippen LogP contribution in [0.5, 0.6) is 0 Å². The first-order valence-corrected chi connectivity index (χ1v) is 7.33. The minimum Gasteiger partial charge on any atom is -0.389 e. The Morgan fingerprint density at radius 1 is 1.25 bits per heavy atom. The topological polar surface area (TPSA) is 23.5 Å². The zero-order valence-corrected chi connectivity index (χ0v) is 13.1. The Morgan fingerprint density at radius 3 is 2.50 bits per heavy atom. The molecule has 1 atom stereocenters. The monoisotopic (exact) mass is 337 g/mol. The quantitative estimate of drug-likeness (QED) is 0.866. The number of aliphatic hydroxyl groups excluding tert-OH is 1. The van der Waals surface area contributed by atoms with Crippen molar-refractivity contribution in [3.05, 3.63) is 58.3 Å². The fourth-order valence-electron chi connectivity index (χ4n) is 2.19. The molecule has 0 spiro atoms. The third-order valence-electron chi connectivity index (χ3n) is 3.21. The molecule has 0 aromatic heterocycles. The van der Waals surface area contributed by atoms with Gasteiger partial charge < -0.3 is 10.0 Å². The van der Waals surface area contributed by atoms with Crippen molar-refractivity contribution in [2.24, 2.45) is 0 Å². The van der Waals surface area contributed by atoms with Crippen molar-refractivity contribution < 1.29 is 9.50 Å². The van der Waals surface area contributed by atoms with Crippen molar-refractivity contribution in [3.63, 3.8) is 0 Å². The Bertz CT molecular complexity index is 601. The lowest BCUT2D eigenvalue weighted by molar-refractivity contribution is 0.198. The van der Waals surface area contributed by atoms with E-state index in [9.17, 15) is 9.50 Å². The molecule has 0 fully saturated rings. The van der Waals surface area contributed by atoms with Crippen molar-refractivity contribution in [1.29, 1.82) is 0 Å². The molecule has 2 aromatic carbocycles. The lowest BCUT2D eigenvalue weighted by Crippen LogP contribution is -2.17. The molecule has 0 saturated heterocycles. The van der Waals surface area contributed by atoms with Gasteiger partial charge in [-0.3, -0.25) is 0 Å². The van der Waals surface area contributed by atoms with Gasteiger partial charge in [0.15, 0.2) is 0 Å². The summed E-state index contributed by atoms with van der Waals surface area (Å²) in [4.78, 5) is 1.89. The van der Waals surface area contributed by atoms with E-state index in [0.29, 0.717) is 12.2 Å². The van der Waals surface area contributed by atoms with Gasteiger partial charge in [0.2, 0.25) is 0 Å². The zero-order valence-electron chi connectivity index (χ0n) is 11.5. The number of anilines is 2. The van der Waals surface area contributed by atoms with Crippen molar-refractivity contribution in [2.75, 3.05) is 11.4 Å². The first kappa shape index (κ1) is 15.0. The summed E-state index contributed by atoms with van der Waals surface area (Å²) < 4.78 is 14.7. The zero-order chi connectivity index (χ0) is 14.7. The molecule has 2 rings (SSSR count). The Labute approximate surface area is 127 Å². The summed E-state index contributed by atoms with van der Waals surface area (Å²) in [6.45, 7) is 4.35. The lowest BCUT2D eigenvalue weighted by atomic mass is 10.1. The molecule has 0 aliphatic carbocycles. The van der Waals surface area contributed by atoms with E-state index in [-0.39, 0.29) is 5.82 Å². The number of nitrogens with zero attached hydrogens (tertiary/aromatic N) is 1. The number of halogens is 2. The third-order valence-corrected chi connectivity index (χ3v) is 3.89. The molecule has 4 heteroatoms. The summed E-state index contributed by atoms with van der Waals surface area (Å²) in [6.07, 6.45) is -0.540. The molecule has 0 bridgehead atoms. The molecule has 0 aliphatic heterocycles. The highest BCUT2D eigenvalue weighted by molar-refractivity contribution is 9.10. The minimum atomic E-state index is -0.540. The Kier molecular flexibility index (Phi) is 4.78. The van der Waals surface area contributed by atoms with Crippen LogP contribution in [0.1, 0.15) is 25.5 Å². The maximum atomic E-state index is 13.9. The van der Waals surface area contributed by atoms with Gasteiger partial charge in [-0.05, 0) is 43.7 Å².